The lowest BCUT2D eigenvalue weighted by Gasteiger charge is -2.18. The Hall–Kier alpha value is -3.99. The summed E-state index contributed by atoms with van der Waals surface area (Å²) in [6.07, 6.45) is 1.47. The summed E-state index contributed by atoms with van der Waals surface area (Å²) in [5, 5.41) is 2.11. The van der Waals surface area contributed by atoms with Gasteiger partial charge >= 0.3 is 6.61 Å². The van der Waals surface area contributed by atoms with Crippen LogP contribution < -0.4 is 10.1 Å². The van der Waals surface area contributed by atoms with E-state index < -0.39 is 23.7 Å². The topological polar surface area (TPSA) is 96.0 Å². The summed E-state index contributed by atoms with van der Waals surface area (Å²) in [6, 6.07) is 12.6. The molecule has 0 bridgehead atoms. The third kappa shape index (κ3) is 5.24. The van der Waals surface area contributed by atoms with Crippen molar-refractivity contribution in [3.63, 3.8) is 0 Å². The summed E-state index contributed by atoms with van der Waals surface area (Å²) < 4.78 is 28.8. The molecule has 1 N–H and O–H groups in total. The van der Waals surface area contributed by atoms with Crippen molar-refractivity contribution in [2.24, 2.45) is 0 Å². The molecule has 0 saturated carbocycles. The minimum Gasteiger partial charge on any atom is -0.435 e. The summed E-state index contributed by atoms with van der Waals surface area (Å²) in [4.78, 5) is 52.2. The quantitative estimate of drug-likeness (QED) is 0.558. The van der Waals surface area contributed by atoms with Crippen molar-refractivity contribution in [3.8, 4) is 5.75 Å². The van der Waals surface area contributed by atoms with Crippen molar-refractivity contribution >= 4 is 46.5 Å². The Bertz CT molecular complexity index is 1210. The third-order valence-corrected chi connectivity index (χ3v) is 6.18. The average Bonchev–Trinajstić information content (AvgIpc) is 3.22. The van der Waals surface area contributed by atoms with Crippen LogP contribution in [0.15, 0.2) is 60.0 Å². The molecule has 0 aliphatic carbocycles. The van der Waals surface area contributed by atoms with Crippen LogP contribution in [0.5, 0.6) is 5.75 Å². The third-order valence-electron chi connectivity index (χ3n) is 5.28. The average molecular weight is 499 g/mol. The molecule has 2 aromatic rings. The van der Waals surface area contributed by atoms with Crippen molar-refractivity contribution < 1.29 is 32.7 Å². The monoisotopic (exact) mass is 499 g/mol. The Morgan fingerprint density at radius 3 is 2.37 bits per heavy atom. The van der Waals surface area contributed by atoms with Crippen LogP contribution in [0.25, 0.3) is 11.8 Å². The van der Waals surface area contributed by atoms with Crippen LogP contribution in [-0.4, -0.2) is 59.0 Å². The Balaban J connectivity index is 1.29. The largest absolute Gasteiger partial charge is 0.435 e. The van der Waals surface area contributed by atoms with Crippen molar-refractivity contribution in [1.82, 2.24) is 15.1 Å². The molecule has 4 rings (SSSR count). The molecule has 0 spiro atoms. The fraction of sp³-hybridized carbons (Fsp3) is 0.167. The maximum absolute atomic E-state index is 12.6. The van der Waals surface area contributed by atoms with Gasteiger partial charge < -0.3 is 10.1 Å². The molecule has 35 heavy (non-hydrogen) atoms. The smallest absolute Gasteiger partial charge is 0.387 e. The van der Waals surface area contributed by atoms with Gasteiger partial charge in [-0.3, -0.25) is 29.0 Å². The highest BCUT2D eigenvalue weighted by Crippen LogP contribution is 2.32. The van der Waals surface area contributed by atoms with E-state index in [0.717, 1.165) is 16.7 Å². The number of alkyl halides is 2. The number of amides is 4. The number of carbonyl (C=O) groups is 4. The highest BCUT2D eigenvalue weighted by atomic mass is 32.2. The molecule has 2 aliphatic rings. The lowest BCUT2D eigenvalue weighted by molar-refractivity contribution is -0.124. The van der Waals surface area contributed by atoms with Gasteiger partial charge in [-0.25, -0.2) is 0 Å². The highest BCUT2D eigenvalue weighted by Gasteiger charge is 2.35. The van der Waals surface area contributed by atoms with E-state index in [1.165, 1.54) is 35.2 Å². The molecule has 8 nitrogen and oxygen atoms in total. The zero-order chi connectivity index (χ0) is 25.1. The van der Waals surface area contributed by atoms with Gasteiger partial charge in [0.05, 0.1) is 4.91 Å². The normalized spacial score (nSPS) is 16.5. The van der Waals surface area contributed by atoms with E-state index >= 15 is 0 Å². The SMILES string of the molecule is C=C1c2ccccc2C(=O)N1CC(=O)NCCN1C(=O)S/C(=C\c2ccc(OC(F)F)cc2)C1=O. The van der Waals surface area contributed by atoms with Crippen LogP contribution >= 0.6 is 11.8 Å². The molecule has 1 saturated heterocycles. The predicted octanol–water partition coefficient (Wildman–Crippen LogP) is 3.57. The van der Waals surface area contributed by atoms with E-state index in [1.54, 1.807) is 24.3 Å². The second-order valence-electron chi connectivity index (χ2n) is 7.51. The standard InChI is InChI=1S/C24H19F2N3O5S/c1-14-17-4-2-3-5-18(17)21(31)29(14)13-20(30)27-10-11-28-22(32)19(35-24(28)33)12-15-6-8-16(9-7-15)34-23(25)26/h2-9,12,23H,1,10-11,13H2,(H,27,30)/b19-12-. The first-order valence-corrected chi connectivity index (χ1v) is 11.2. The van der Waals surface area contributed by atoms with Crippen molar-refractivity contribution in [2.45, 2.75) is 6.61 Å². The van der Waals surface area contributed by atoms with Crippen LogP contribution in [0.1, 0.15) is 21.5 Å². The number of hydrogen-bond donors (Lipinski definition) is 1. The van der Waals surface area contributed by atoms with E-state index in [2.05, 4.69) is 16.6 Å². The minimum atomic E-state index is -2.94. The number of hydrogen-bond acceptors (Lipinski definition) is 6. The number of imide groups is 1. The zero-order valence-electron chi connectivity index (χ0n) is 18.2. The van der Waals surface area contributed by atoms with Crippen LogP contribution in [0, 0.1) is 0 Å². The molecule has 2 heterocycles. The number of nitrogens with zero attached hydrogens (tertiary/aromatic N) is 2. The van der Waals surface area contributed by atoms with Crippen LogP contribution in [0.4, 0.5) is 13.6 Å². The van der Waals surface area contributed by atoms with Gasteiger partial charge in [-0.2, -0.15) is 8.78 Å². The number of ether oxygens (including phenoxy) is 1. The van der Waals surface area contributed by atoms with Crippen molar-refractivity contribution in [2.75, 3.05) is 19.6 Å². The maximum atomic E-state index is 12.6. The van der Waals surface area contributed by atoms with Gasteiger partial charge in [0, 0.05) is 29.9 Å². The second kappa shape index (κ2) is 10.1. The molecule has 11 heteroatoms. The van der Waals surface area contributed by atoms with E-state index in [-0.39, 0.29) is 36.2 Å². The first-order chi connectivity index (χ1) is 16.7. The molecule has 2 aliphatic heterocycles. The fourth-order valence-corrected chi connectivity index (χ4v) is 4.46. The zero-order valence-corrected chi connectivity index (χ0v) is 19.0. The Morgan fingerprint density at radius 1 is 1.03 bits per heavy atom. The Labute approximate surface area is 203 Å². The molecule has 1 fully saturated rings. The number of thioether (sulfide) groups is 1. The predicted molar refractivity (Wildman–Crippen MR) is 125 cm³/mol. The number of fused-ring (bicyclic) bond motifs is 1. The number of rotatable bonds is 8. The summed E-state index contributed by atoms with van der Waals surface area (Å²) in [5.74, 6) is -1.32. The molecule has 180 valence electrons. The number of nitrogens with one attached hydrogen (secondary N) is 1. The van der Waals surface area contributed by atoms with Crippen LogP contribution in [0.2, 0.25) is 0 Å². The summed E-state index contributed by atoms with van der Waals surface area (Å²) in [5.41, 5.74) is 2.12. The molecular weight excluding hydrogens is 480 g/mol. The van der Waals surface area contributed by atoms with Gasteiger partial charge in [-0.05, 0) is 41.6 Å². The Morgan fingerprint density at radius 2 is 1.71 bits per heavy atom. The molecule has 2 aromatic carbocycles. The van der Waals surface area contributed by atoms with Crippen LogP contribution in [-0.2, 0) is 9.59 Å². The van der Waals surface area contributed by atoms with Gasteiger partial charge in [-0.15, -0.1) is 0 Å². The maximum Gasteiger partial charge on any atom is 0.387 e. The lowest BCUT2D eigenvalue weighted by atomic mass is 10.1. The van der Waals surface area contributed by atoms with Crippen LogP contribution in [0.3, 0.4) is 0 Å². The number of halogens is 2. The van der Waals surface area contributed by atoms with E-state index in [4.69, 9.17) is 0 Å². The van der Waals surface area contributed by atoms with Gasteiger partial charge in [-0.1, -0.05) is 36.9 Å². The molecule has 0 atom stereocenters. The summed E-state index contributed by atoms with van der Waals surface area (Å²) >= 11 is 0.740. The molecular formula is C24H19F2N3O5S. The van der Waals surface area contributed by atoms with Gasteiger partial charge in [0.1, 0.15) is 12.3 Å². The number of carbonyl (C=O) groups excluding carboxylic acids is 4. The molecule has 0 aromatic heterocycles. The minimum absolute atomic E-state index is 0.00523. The first-order valence-electron chi connectivity index (χ1n) is 10.4. The van der Waals surface area contributed by atoms with Crippen molar-refractivity contribution in [3.05, 3.63) is 76.7 Å². The highest BCUT2D eigenvalue weighted by molar-refractivity contribution is 8.18. The fourth-order valence-electron chi connectivity index (χ4n) is 3.60. The summed E-state index contributed by atoms with van der Waals surface area (Å²) in [7, 11) is 0. The lowest BCUT2D eigenvalue weighted by Crippen LogP contribution is -2.41. The number of benzene rings is 2. The van der Waals surface area contributed by atoms with E-state index in [9.17, 15) is 28.0 Å². The molecule has 4 amide bonds. The molecule has 0 unspecified atom stereocenters. The van der Waals surface area contributed by atoms with Crippen molar-refractivity contribution in [1.29, 1.82) is 0 Å². The molecule has 0 radical (unpaired) electrons. The van der Waals surface area contributed by atoms with Gasteiger partial charge in [0.25, 0.3) is 17.1 Å². The van der Waals surface area contributed by atoms with E-state index in [1.807, 2.05) is 0 Å². The second-order valence-corrected chi connectivity index (χ2v) is 8.51. The summed E-state index contributed by atoms with van der Waals surface area (Å²) in [6.45, 7) is 0.658. The van der Waals surface area contributed by atoms with E-state index in [0.29, 0.717) is 22.4 Å². The first kappa shape index (κ1) is 24.1. The van der Waals surface area contributed by atoms with Gasteiger partial charge in [0.2, 0.25) is 5.91 Å². The Kier molecular flexibility index (Phi) is 6.97. The van der Waals surface area contributed by atoms with Gasteiger partial charge in [0.15, 0.2) is 0 Å².